The topological polar surface area (TPSA) is 33.1 Å². The molecule has 2 nitrogen and oxygen atoms in total. The van der Waals surface area contributed by atoms with Gasteiger partial charge in [-0.3, -0.25) is 0 Å². The Kier molecular flexibility index (Phi) is 5.12. The first-order valence-electron chi connectivity index (χ1n) is 4.25. The van der Waals surface area contributed by atoms with Gasteiger partial charge in [0, 0.05) is 13.0 Å². The van der Waals surface area contributed by atoms with E-state index in [1.807, 2.05) is 13.8 Å². The molecule has 0 aliphatic rings. The molecule has 0 aromatic carbocycles. The largest absolute Gasteiger partial charge is 0.375 e. The summed E-state index contributed by atoms with van der Waals surface area (Å²) >= 11 is 0. The predicted molar refractivity (Wildman–Crippen MR) is 48.3 cm³/mol. The van der Waals surface area contributed by atoms with Crippen molar-refractivity contribution in [1.29, 1.82) is 5.41 Å². The molecule has 0 saturated carbocycles. The summed E-state index contributed by atoms with van der Waals surface area (Å²) in [5, 5.41) is 6.93. The summed E-state index contributed by atoms with van der Waals surface area (Å²) in [6.07, 6.45) is 4.39. The van der Waals surface area contributed by atoms with Gasteiger partial charge in [0.15, 0.2) is 0 Å². The molecule has 0 amide bonds. The van der Waals surface area contributed by atoms with Crippen molar-refractivity contribution >= 4 is 6.21 Å². The maximum Gasteiger partial charge on any atom is 0.0675 e. The summed E-state index contributed by atoms with van der Waals surface area (Å²) in [5.41, 5.74) is -0.142. The van der Waals surface area contributed by atoms with Crippen molar-refractivity contribution in [2.75, 3.05) is 6.61 Å². The molecular weight excluding hydrogens is 138 g/mol. The summed E-state index contributed by atoms with van der Waals surface area (Å²) in [6, 6.07) is 0. The van der Waals surface area contributed by atoms with Crippen LogP contribution in [0.1, 0.15) is 40.0 Å². The zero-order valence-corrected chi connectivity index (χ0v) is 7.81. The number of hydrogen-bond donors (Lipinski definition) is 1. The first kappa shape index (κ1) is 10.6. The van der Waals surface area contributed by atoms with Crippen LogP contribution in [-0.4, -0.2) is 18.4 Å². The lowest BCUT2D eigenvalue weighted by Gasteiger charge is -2.23. The van der Waals surface area contributed by atoms with Crippen LogP contribution in [0.25, 0.3) is 0 Å². The Balaban J connectivity index is 3.45. The zero-order valence-electron chi connectivity index (χ0n) is 7.81. The SMILES string of the molecule is CCCCOC(C)(C)CC=N. The fourth-order valence-electron chi connectivity index (χ4n) is 0.798. The van der Waals surface area contributed by atoms with Crippen LogP contribution in [0, 0.1) is 5.41 Å². The molecule has 0 aromatic rings. The smallest absolute Gasteiger partial charge is 0.0675 e. The van der Waals surface area contributed by atoms with Crippen molar-refractivity contribution in [2.45, 2.75) is 45.6 Å². The Labute approximate surface area is 69.5 Å². The molecule has 0 aromatic heterocycles. The van der Waals surface area contributed by atoms with Crippen molar-refractivity contribution in [3.63, 3.8) is 0 Å². The van der Waals surface area contributed by atoms with E-state index in [1.54, 1.807) is 0 Å². The number of rotatable bonds is 6. The zero-order chi connectivity index (χ0) is 8.74. The summed E-state index contributed by atoms with van der Waals surface area (Å²) in [6.45, 7) is 7.01. The molecule has 66 valence electrons. The Hall–Kier alpha value is -0.370. The molecule has 0 unspecified atom stereocenters. The summed E-state index contributed by atoms with van der Waals surface area (Å²) in [7, 11) is 0. The highest BCUT2D eigenvalue weighted by atomic mass is 16.5. The number of nitrogens with one attached hydrogen (secondary N) is 1. The van der Waals surface area contributed by atoms with E-state index in [0.717, 1.165) is 13.0 Å². The van der Waals surface area contributed by atoms with Crippen LogP contribution in [0.5, 0.6) is 0 Å². The molecule has 0 spiro atoms. The molecular formula is C9H19NO. The van der Waals surface area contributed by atoms with Gasteiger partial charge in [0.1, 0.15) is 0 Å². The monoisotopic (exact) mass is 157 g/mol. The minimum atomic E-state index is -0.142. The van der Waals surface area contributed by atoms with E-state index in [-0.39, 0.29) is 5.60 Å². The summed E-state index contributed by atoms with van der Waals surface area (Å²) < 4.78 is 5.56. The van der Waals surface area contributed by atoms with Gasteiger partial charge in [-0.05, 0) is 26.5 Å². The number of ether oxygens (including phenoxy) is 1. The molecule has 0 aliphatic heterocycles. The third-order valence-corrected chi connectivity index (χ3v) is 1.58. The van der Waals surface area contributed by atoms with E-state index < -0.39 is 0 Å². The van der Waals surface area contributed by atoms with Crippen molar-refractivity contribution in [1.82, 2.24) is 0 Å². The number of unbranched alkanes of at least 4 members (excludes halogenated alkanes) is 1. The first-order chi connectivity index (χ1) is 5.12. The molecule has 0 bridgehead atoms. The molecule has 0 saturated heterocycles. The second kappa shape index (κ2) is 5.30. The Morgan fingerprint density at radius 2 is 2.09 bits per heavy atom. The fourth-order valence-corrected chi connectivity index (χ4v) is 0.798. The highest BCUT2D eigenvalue weighted by molar-refractivity contribution is 5.54. The van der Waals surface area contributed by atoms with Gasteiger partial charge in [-0.2, -0.15) is 0 Å². The molecule has 0 heterocycles. The van der Waals surface area contributed by atoms with E-state index >= 15 is 0 Å². The van der Waals surface area contributed by atoms with Crippen LogP contribution in [0.3, 0.4) is 0 Å². The molecule has 0 radical (unpaired) electrons. The van der Waals surface area contributed by atoms with Gasteiger partial charge in [0.05, 0.1) is 5.60 Å². The van der Waals surface area contributed by atoms with E-state index in [4.69, 9.17) is 10.1 Å². The third kappa shape index (κ3) is 6.05. The minimum Gasteiger partial charge on any atom is -0.375 e. The van der Waals surface area contributed by atoms with Crippen LogP contribution in [0.2, 0.25) is 0 Å². The lowest BCUT2D eigenvalue weighted by Crippen LogP contribution is -2.25. The van der Waals surface area contributed by atoms with Gasteiger partial charge in [-0.1, -0.05) is 13.3 Å². The van der Waals surface area contributed by atoms with Gasteiger partial charge in [0.25, 0.3) is 0 Å². The normalized spacial score (nSPS) is 11.5. The number of hydrogen-bond acceptors (Lipinski definition) is 2. The molecule has 0 aliphatic carbocycles. The lowest BCUT2D eigenvalue weighted by atomic mass is 10.1. The summed E-state index contributed by atoms with van der Waals surface area (Å²) in [5.74, 6) is 0. The van der Waals surface area contributed by atoms with Crippen molar-refractivity contribution in [3.05, 3.63) is 0 Å². The van der Waals surface area contributed by atoms with Crippen LogP contribution in [0.15, 0.2) is 0 Å². The van der Waals surface area contributed by atoms with Crippen molar-refractivity contribution in [3.8, 4) is 0 Å². The van der Waals surface area contributed by atoms with Gasteiger partial charge in [-0.15, -0.1) is 0 Å². The molecule has 1 N–H and O–H groups in total. The lowest BCUT2D eigenvalue weighted by molar-refractivity contribution is -0.0124. The standard InChI is InChI=1S/C9H19NO/c1-4-5-8-11-9(2,3)6-7-10/h7,10H,4-6,8H2,1-3H3. The quantitative estimate of drug-likeness (QED) is 0.466. The Morgan fingerprint density at radius 1 is 1.45 bits per heavy atom. The Bertz CT molecular complexity index is 110. The molecule has 0 atom stereocenters. The maximum atomic E-state index is 6.93. The van der Waals surface area contributed by atoms with Crippen molar-refractivity contribution in [2.24, 2.45) is 0 Å². The first-order valence-corrected chi connectivity index (χ1v) is 4.25. The molecule has 2 heteroatoms. The van der Waals surface area contributed by atoms with Crippen LogP contribution < -0.4 is 0 Å². The summed E-state index contributed by atoms with van der Waals surface area (Å²) in [4.78, 5) is 0. The van der Waals surface area contributed by atoms with Gasteiger partial charge in [-0.25, -0.2) is 0 Å². The molecule has 0 fully saturated rings. The maximum absolute atomic E-state index is 6.93. The van der Waals surface area contributed by atoms with Crippen LogP contribution in [0.4, 0.5) is 0 Å². The van der Waals surface area contributed by atoms with Crippen LogP contribution in [-0.2, 0) is 4.74 Å². The minimum absolute atomic E-state index is 0.142. The van der Waals surface area contributed by atoms with Gasteiger partial charge >= 0.3 is 0 Å². The fraction of sp³-hybridized carbons (Fsp3) is 0.889. The molecule has 11 heavy (non-hydrogen) atoms. The highest BCUT2D eigenvalue weighted by Gasteiger charge is 2.15. The van der Waals surface area contributed by atoms with E-state index in [1.165, 1.54) is 12.6 Å². The van der Waals surface area contributed by atoms with Gasteiger partial charge < -0.3 is 10.1 Å². The van der Waals surface area contributed by atoms with Gasteiger partial charge in [0.2, 0.25) is 0 Å². The second-order valence-electron chi connectivity index (χ2n) is 3.37. The van der Waals surface area contributed by atoms with Crippen molar-refractivity contribution < 1.29 is 4.74 Å². The van der Waals surface area contributed by atoms with E-state index in [2.05, 4.69) is 6.92 Å². The van der Waals surface area contributed by atoms with E-state index in [9.17, 15) is 0 Å². The second-order valence-corrected chi connectivity index (χ2v) is 3.37. The third-order valence-electron chi connectivity index (χ3n) is 1.58. The average Bonchev–Trinajstić information content (AvgIpc) is 1.87. The Morgan fingerprint density at radius 3 is 2.55 bits per heavy atom. The molecule has 0 rings (SSSR count). The highest BCUT2D eigenvalue weighted by Crippen LogP contribution is 2.12. The van der Waals surface area contributed by atoms with E-state index in [0.29, 0.717) is 6.42 Å². The average molecular weight is 157 g/mol. The predicted octanol–water partition coefficient (Wildman–Crippen LogP) is 2.62. The van der Waals surface area contributed by atoms with Crippen LogP contribution >= 0.6 is 0 Å².